The summed E-state index contributed by atoms with van der Waals surface area (Å²) in [6.45, 7) is 4.65. The van der Waals surface area contributed by atoms with Crippen LogP contribution in [0.25, 0.3) is 0 Å². The van der Waals surface area contributed by atoms with Gasteiger partial charge in [0, 0.05) is 12.2 Å². The minimum absolute atomic E-state index is 0.0782. The van der Waals surface area contributed by atoms with Crippen LogP contribution in [0.3, 0.4) is 0 Å². The van der Waals surface area contributed by atoms with Crippen molar-refractivity contribution >= 4 is 11.7 Å². The fraction of sp³-hybridized carbons (Fsp3) is 0.462. The van der Waals surface area contributed by atoms with Crippen LogP contribution < -0.4 is 5.32 Å². The van der Waals surface area contributed by atoms with Crippen LogP contribution in [0, 0.1) is 12.8 Å². The van der Waals surface area contributed by atoms with Crippen molar-refractivity contribution in [3.63, 3.8) is 0 Å². The Morgan fingerprint density at radius 3 is 2.81 bits per heavy atom. The van der Waals surface area contributed by atoms with Crippen molar-refractivity contribution in [1.82, 2.24) is 0 Å². The standard InChI is InChI=1S/C13H19NO2/c1-4-11(13(15)16-3)9-14-12-7-5-6-10(2)8-12/h5-8,11,14H,4,9H2,1-3H3. The van der Waals surface area contributed by atoms with Crippen molar-refractivity contribution in [3.8, 4) is 0 Å². The van der Waals surface area contributed by atoms with Crippen molar-refractivity contribution in [1.29, 1.82) is 0 Å². The first-order chi connectivity index (χ1) is 7.67. The number of aryl methyl sites for hydroxylation is 1. The number of hydrogen-bond donors (Lipinski definition) is 1. The molecule has 88 valence electrons. The number of benzene rings is 1. The molecule has 0 aromatic heterocycles. The molecular weight excluding hydrogens is 202 g/mol. The molecule has 1 atom stereocenters. The van der Waals surface area contributed by atoms with Gasteiger partial charge in [0.1, 0.15) is 0 Å². The molecule has 0 spiro atoms. The van der Waals surface area contributed by atoms with Gasteiger partial charge in [-0.25, -0.2) is 0 Å². The number of hydrogen-bond acceptors (Lipinski definition) is 3. The van der Waals surface area contributed by atoms with Crippen LogP contribution in [-0.4, -0.2) is 19.6 Å². The number of ether oxygens (including phenoxy) is 1. The third kappa shape index (κ3) is 3.57. The monoisotopic (exact) mass is 221 g/mol. The average Bonchev–Trinajstić information content (AvgIpc) is 2.29. The van der Waals surface area contributed by atoms with E-state index in [1.165, 1.54) is 12.7 Å². The molecule has 0 radical (unpaired) electrons. The topological polar surface area (TPSA) is 38.3 Å². The summed E-state index contributed by atoms with van der Waals surface area (Å²) in [6, 6.07) is 8.10. The first-order valence-corrected chi connectivity index (χ1v) is 5.55. The molecule has 3 heteroatoms. The summed E-state index contributed by atoms with van der Waals surface area (Å²) in [6.07, 6.45) is 0.783. The number of rotatable bonds is 5. The van der Waals surface area contributed by atoms with Gasteiger partial charge >= 0.3 is 5.97 Å². The number of methoxy groups -OCH3 is 1. The van der Waals surface area contributed by atoms with E-state index in [9.17, 15) is 4.79 Å². The molecule has 1 unspecified atom stereocenters. The Morgan fingerprint density at radius 1 is 1.50 bits per heavy atom. The molecule has 1 rings (SSSR count). The van der Waals surface area contributed by atoms with Gasteiger partial charge < -0.3 is 10.1 Å². The molecule has 0 amide bonds. The lowest BCUT2D eigenvalue weighted by Gasteiger charge is -2.14. The summed E-state index contributed by atoms with van der Waals surface area (Å²) in [5, 5.41) is 3.25. The summed E-state index contributed by atoms with van der Waals surface area (Å²) in [4.78, 5) is 11.4. The van der Waals surface area contributed by atoms with Gasteiger partial charge in [-0.3, -0.25) is 4.79 Å². The zero-order valence-electron chi connectivity index (χ0n) is 10.1. The number of nitrogens with one attached hydrogen (secondary N) is 1. The van der Waals surface area contributed by atoms with Crippen molar-refractivity contribution in [2.45, 2.75) is 20.3 Å². The molecule has 0 aliphatic rings. The van der Waals surface area contributed by atoms with Gasteiger partial charge in [-0.15, -0.1) is 0 Å². The van der Waals surface area contributed by atoms with Crippen molar-refractivity contribution in [2.24, 2.45) is 5.92 Å². The second-order valence-corrected chi connectivity index (χ2v) is 3.88. The van der Waals surface area contributed by atoms with E-state index in [0.29, 0.717) is 6.54 Å². The Bertz CT molecular complexity index is 350. The van der Waals surface area contributed by atoms with Crippen molar-refractivity contribution in [3.05, 3.63) is 29.8 Å². The summed E-state index contributed by atoms with van der Waals surface area (Å²) in [5.41, 5.74) is 2.25. The molecule has 0 saturated carbocycles. The average molecular weight is 221 g/mol. The van der Waals surface area contributed by atoms with Crippen molar-refractivity contribution < 1.29 is 9.53 Å². The zero-order valence-corrected chi connectivity index (χ0v) is 10.1. The van der Waals surface area contributed by atoms with Crippen LogP contribution in [0.1, 0.15) is 18.9 Å². The van der Waals surface area contributed by atoms with E-state index in [0.717, 1.165) is 12.1 Å². The maximum atomic E-state index is 11.4. The molecular formula is C13H19NO2. The molecule has 0 aliphatic carbocycles. The van der Waals surface area contributed by atoms with Crippen LogP contribution in [-0.2, 0) is 9.53 Å². The van der Waals surface area contributed by atoms with E-state index in [2.05, 4.69) is 11.4 Å². The van der Waals surface area contributed by atoms with Crippen molar-refractivity contribution in [2.75, 3.05) is 19.0 Å². The first-order valence-electron chi connectivity index (χ1n) is 5.55. The minimum atomic E-state index is -0.150. The molecule has 0 aliphatic heterocycles. The fourth-order valence-corrected chi connectivity index (χ4v) is 1.56. The quantitative estimate of drug-likeness (QED) is 0.777. The van der Waals surface area contributed by atoms with Gasteiger partial charge in [0.15, 0.2) is 0 Å². The highest BCUT2D eigenvalue weighted by Gasteiger charge is 2.16. The van der Waals surface area contributed by atoms with Gasteiger partial charge in [0.2, 0.25) is 0 Å². The largest absolute Gasteiger partial charge is 0.469 e. The molecule has 1 aromatic carbocycles. The molecule has 0 bridgehead atoms. The summed E-state index contributed by atoms with van der Waals surface area (Å²) >= 11 is 0. The van der Waals surface area contributed by atoms with E-state index in [1.54, 1.807) is 0 Å². The normalized spacial score (nSPS) is 11.9. The SMILES string of the molecule is CCC(CNc1cccc(C)c1)C(=O)OC. The Kier molecular flexibility index (Phi) is 4.83. The highest BCUT2D eigenvalue weighted by Crippen LogP contribution is 2.12. The number of esters is 1. The smallest absolute Gasteiger partial charge is 0.310 e. The van der Waals surface area contributed by atoms with E-state index in [-0.39, 0.29) is 11.9 Å². The fourth-order valence-electron chi connectivity index (χ4n) is 1.56. The number of anilines is 1. The van der Waals surface area contributed by atoms with E-state index < -0.39 is 0 Å². The Morgan fingerprint density at radius 2 is 2.25 bits per heavy atom. The van der Waals surface area contributed by atoms with Crippen LogP contribution in [0.4, 0.5) is 5.69 Å². The van der Waals surface area contributed by atoms with E-state index >= 15 is 0 Å². The predicted octanol–water partition coefficient (Wildman–Crippen LogP) is 2.61. The van der Waals surface area contributed by atoms with E-state index in [1.807, 2.05) is 32.0 Å². The van der Waals surface area contributed by atoms with Gasteiger partial charge in [-0.05, 0) is 31.0 Å². The molecule has 1 aromatic rings. The zero-order chi connectivity index (χ0) is 12.0. The lowest BCUT2D eigenvalue weighted by Crippen LogP contribution is -2.23. The molecule has 16 heavy (non-hydrogen) atoms. The minimum Gasteiger partial charge on any atom is -0.469 e. The molecule has 0 saturated heterocycles. The van der Waals surface area contributed by atoms with Crippen LogP contribution in [0.2, 0.25) is 0 Å². The number of carbonyl (C=O) groups is 1. The first kappa shape index (κ1) is 12.6. The van der Waals surface area contributed by atoms with Crippen LogP contribution in [0.5, 0.6) is 0 Å². The second kappa shape index (κ2) is 6.16. The maximum Gasteiger partial charge on any atom is 0.310 e. The molecule has 1 N–H and O–H groups in total. The number of carbonyl (C=O) groups excluding carboxylic acids is 1. The van der Waals surface area contributed by atoms with Crippen LogP contribution in [0.15, 0.2) is 24.3 Å². The summed E-state index contributed by atoms with van der Waals surface area (Å²) in [5.74, 6) is -0.229. The maximum absolute atomic E-state index is 11.4. The predicted molar refractivity (Wildman–Crippen MR) is 65.5 cm³/mol. The van der Waals surface area contributed by atoms with Gasteiger partial charge in [-0.2, -0.15) is 0 Å². The van der Waals surface area contributed by atoms with Gasteiger partial charge in [0.05, 0.1) is 13.0 Å². The molecule has 0 fully saturated rings. The third-order valence-electron chi connectivity index (χ3n) is 2.60. The highest BCUT2D eigenvalue weighted by atomic mass is 16.5. The van der Waals surface area contributed by atoms with Gasteiger partial charge in [-0.1, -0.05) is 19.1 Å². The highest BCUT2D eigenvalue weighted by molar-refractivity contribution is 5.73. The van der Waals surface area contributed by atoms with Gasteiger partial charge in [0.25, 0.3) is 0 Å². The van der Waals surface area contributed by atoms with E-state index in [4.69, 9.17) is 4.74 Å². The molecule has 0 heterocycles. The summed E-state index contributed by atoms with van der Waals surface area (Å²) < 4.78 is 4.74. The Balaban J connectivity index is 2.52. The summed E-state index contributed by atoms with van der Waals surface area (Å²) in [7, 11) is 1.43. The Labute approximate surface area is 96.8 Å². The lowest BCUT2D eigenvalue weighted by molar-refractivity contribution is -0.145. The lowest BCUT2D eigenvalue weighted by atomic mass is 10.1. The Hall–Kier alpha value is -1.51. The molecule has 3 nitrogen and oxygen atoms in total. The second-order valence-electron chi connectivity index (χ2n) is 3.88. The third-order valence-corrected chi connectivity index (χ3v) is 2.60. The van der Waals surface area contributed by atoms with Crippen LogP contribution >= 0.6 is 0 Å².